The molecule has 1 aromatic heterocycles. The molecule has 0 saturated carbocycles. The van der Waals surface area contributed by atoms with Crippen LogP contribution in [-0.2, 0) is 6.42 Å². The summed E-state index contributed by atoms with van der Waals surface area (Å²) in [5.74, 6) is -0.133. The van der Waals surface area contributed by atoms with Crippen molar-refractivity contribution in [3.63, 3.8) is 0 Å². The van der Waals surface area contributed by atoms with Gasteiger partial charge in [-0.05, 0) is 29.0 Å². The lowest BCUT2D eigenvalue weighted by Gasteiger charge is -2.10. The quantitative estimate of drug-likeness (QED) is 0.787. The van der Waals surface area contributed by atoms with E-state index in [1.54, 1.807) is 12.1 Å². The first kappa shape index (κ1) is 10.5. The van der Waals surface area contributed by atoms with Gasteiger partial charge in [-0.3, -0.25) is 0 Å². The van der Waals surface area contributed by atoms with Crippen LogP contribution in [0.5, 0.6) is 5.75 Å². The maximum Gasteiger partial charge on any atom is 0.170 e. The van der Waals surface area contributed by atoms with E-state index in [9.17, 15) is 4.39 Å². The minimum absolute atomic E-state index is 0.230. The Bertz CT molecular complexity index is 484. The van der Waals surface area contributed by atoms with Gasteiger partial charge < -0.3 is 4.74 Å². The number of tetrazole rings is 1. The molecule has 0 amide bonds. The lowest BCUT2D eigenvalue weighted by molar-refractivity contribution is 0.384. The zero-order valence-corrected chi connectivity index (χ0v) is 9.01. The largest absolute Gasteiger partial charge is 0.494 e. The molecule has 0 fully saturated rings. The molecule has 0 aliphatic carbocycles. The maximum atomic E-state index is 13.9. The maximum absolute atomic E-state index is 13.9. The summed E-state index contributed by atoms with van der Waals surface area (Å²) in [5.41, 5.74) is 1.16. The van der Waals surface area contributed by atoms with Crippen molar-refractivity contribution in [2.75, 3.05) is 7.11 Å². The van der Waals surface area contributed by atoms with Crippen LogP contribution >= 0.6 is 0 Å². The molecule has 1 heterocycles. The second-order valence-electron chi connectivity index (χ2n) is 3.19. The van der Waals surface area contributed by atoms with E-state index in [0.717, 1.165) is 0 Å². The van der Waals surface area contributed by atoms with Gasteiger partial charge in [0.15, 0.2) is 11.6 Å². The minimum Gasteiger partial charge on any atom is -0.494 e. The van der Waals surface area contributed by atoms with Crippen LogP contribution in [0.15, 0.2) is 18.5 Å². The summed E-state index contributed by atoms with van der Waals surface area (Å²) >= 11 is 0. The van der Waals surface area contributed by atoms with E-state index in [1.807, 2.05) is 6.92 Å². The molecular weight excluding hydrogens is 211 g/mol. The van der Waals surface area contributed by atoms with Gasteiger partial charge in [-0.25, -0.2) is 9.07 Å². The molecule has 0 atom stereocenters. The number of hydrogen-bond donors (Lipinski definition) is 0. The highest BCUT2D eigenvalue weighted by Gasteiger charge is 2.14. The van der Waals surface area contributed by atoms with Gasteiger partial charge >= 0.3 is 0 Å². The smallest absolute Gasteiger partial charge is 0.170 e. The van der Waals surface area contributed by atoms with E-state index in [1.165, 1.54) is 18.1 Å². The van der Waals surface area contributed by atoms with Crippen molar-refractivity contribution >= 4 is 0 Å². The molecule has 1 aromatic carbocycles. The Balaban J connectivity index is 2.59. The predicted molar refractivity (Wildman–Crippen MR) is 55.0 cm³/mol. The van der Waals surface area contributed by atoms with E-state index in [2.05, 4.69) is 15.5 Å². The van der Waals surface area contributed by atoms with Crippen molar-refractivity contribution in [2.24, 2.45) is 0 Å². The number of hydrogen-bond acceptors (Lipinski definition) is 4. The Kier molecular flexibility index (Phi) is 2.80. The molecule has 0 aliphatic heterocycles. The van der Waals surface area contributed by atoms with E-state index < -0.39 is 0 Å². The summed E-state index contributed by atoms with van der Waals surface area (Å²) in [6.45, 7) is 1.87. The van der Waals surface area contributed by atoms with Crippen LogP contribution in [0, 0.1) is 5.82 Å². The van der Waals surface area contributed by atoms with Crippen LogP contribution in [0.4, 0.5) is 4.39 Å². The van der Waals surface area contributed by atoms with Crippen molar-refractivity contribution in [3.05, 3.63) is 29.8 Å². The van der Waals surface area contributed by atoms with Crippen molar-refractivity contribution in [1.82, 2.24) is 20.2 Å². The van der Waals surface area contributed by atoms with Crippen molar-refractivity contribution < 1.29 is 9.13 Å². The molecule has 0 aliphatic rings. The van der Waals surface area contributed by atoms with Gasteiger partial charge in [-0.2, -0.15) is 0 Å². The van der Waals surface area contributed by atoms with Gasteiger partial charge in [0, 0.05) is 5.56 Å². The summed E-state index contributed by atoms with van der Waals surface area (Å²) < 4.78 is 20.3. The number of methoxy groups -OCH3 is 1. The normalized spacial score (nSPS) is 10.4. The Morgan fingerprint density at radius 1 is 1.44 bits per heavy atom. The molecule has 0 unspecified atom stereocenters. The highest BCUT2D eigenvalue weighted by Crippen LogP contribution is 2.25. The van der Waals surface area contributed by atoms with E-state index >= 15 is 0 Å². The first-order chi connectivity index (χ1) is 7.77. The molecule has 0 saturated heterocycles. The predicted octanol–water partition coefficient (Wildman–Crippen LogP) is 1.37. The van der Waals surface area contributed by atoms with E-state index in [-0.39, 0.29) is 11.6 Å². The summed E-state index contributed by atoms with van der Waals surface area (Å²) in [6, 6.07) is 3.29. The highest BCUT2D eigenvalue weighted by atomic mass is 19.1. The Labute approximate surface area is 91.8 Å². The number of nitrogens with zero attached hydrogens (tertiary/aromatic N) is 4. The Morgan fingerprint density at radius 2 is 2.25 bits per heavy atom. The fraction of sp³-hybridized carbons (Fsp3) is 0.300. The monoisotopic (exact) mass is 222 g/mol. The third-order valence-electron chi connectivity index (χ3n) is 2.35. The zero-order valence-electron chi connectivity index (χ0n) is 9.01. The summed E-state index contributed by atoms with van der Waals surface area (Å²) in [5, 5.41) is 10.8. The number of benzene rings is 1. The second kappa shape index (κ2) is 4.26. The molecule has 2 aromatic rings. The fourth-order valence-electron chi connectivity index (χ4n) is 1.57. The molecule has 6 heteroatoms. The highest BCUT2D eigenvalue weighted by molar-refractivity contribution is 5.46. The number of rotatable bonds is 3. The summed E-state index contributed by atoms with van der Waals surface area (Å²) in [4.78, 5) is 0. The molecule has 0 bridgehead atoms. The summed E-state index contributed by atoms with van der Waals surface area (Å²) in [7, 11) is 1.44. The molecule has 0 N–H and O–H groups in total. The molecule has 5 nitrogen and oxygen atoms in total. The van der Waals surface area contributed by atoms with Crippen LogP contribution in [0.25, 0.3) is 5.69 Å². The van der Waals surface area contributed by atoms with Gasteiger partial charge in [0.2, 0.25) is 0 Å². The lowest BCUT2D eigenvalue weighted by Crippen LogP contribution is -2.04. The van der Waals surface area contributed by atoms with Crippen LogP contribution < -0.4 is 4.74 Å². The first-order valence-electron chi connectivity index (χ1n) is 4.86. The standard InChI is InChI=1S/C10H11FN4O/c1-3-7-8(15-6-12-13-14-15)4-5-9(16-2)10(7)11/h4-6H,3H2,1-2H3. The van der Waals surface area contributed by atoms with E-state index in [0.29, 0.717) is 17.7 Å². The minimum atomic E-state index is -0.363. The van der Waals surface area contributed by atoms with Gasteiger partial charge in [0.25, 0.3) is 0 Å². The molecule has 0 radical (unpaired) electrons. The van der Waals surface area contributed by atoms with Crippen LogP contribution in [-0.4, -0.2) is 27.3 Å². The third-order valence-corrected chi connectivity index (χ3v) is 2.35. The molecule has 2 rings (SSSR count). The Morgan fingerprint density at radius 3 is 2.81 bits per heavy atom. The van der Waals surface area contributed by atoms with Gasteiger partial charge in [-0.15, -0.1) is 5.10 Å². The van der Waals surface area contributed by atoms with E-state index in [4.69, 9.17) is 4.74 Å². The SMILES string of the molecule is CCc1c(-n2cnnn2)ccc(OC)c1F. The molecule has 0 spiro atoms. The third kappa shape index (κ3) is 1.62. The summed E-state index contributed by atoms with van der Waals surface area (Å²) in [6.07, 6.45) is 1.97. The lowest BCUT2D eigenvalue weighted by atomic mass is 10.1. The number of halogens is 1. The number of ether oxygens (including phenoxy) is 1. The topological polar surface area (TPSA) is 52.8 Å². The van der Waals surface area contributed by atoms with Crippen LogP contribution in [0.2, 0.25) is 0 Å². The molecular formula is C10H11FN4O. The average molecular weight is 222 g/mol. The van der Waals surface area contributed by atoms with Crippen molar-refractivity contribution in [1.29, 1.82) is 0 Å². The van der Waals surface area contributed by atoms with Crippen LogP contribution in [0.3, 0.4) is 0 Å². The first-order valence-corrected chi connectivity index (χ1v) is 4.86. The van der Waals surface area contributed by atoms with Gasteiger partial charge in [0.05, 0.1) is 12.8 Å². The van der Waals surface area contributed by atoms with Crippen LogP contribution in [0.1, 0.15) is 12.5 Å². The van der Waals surface area contributed by atoms with Crippen molar-refractivity contribution in [2.45, 2.75) is 13.3 Å². The Hall–Kier alpha value is -1.98. The fourth-order valence-corrected chi connectivity index (χ4v) is 1.57. The van der Waals surface area contributed by atoms with Crippen molar-refractivity contribution in [3.8, 4) is 11.4 Å². The van der Waals surface area contributed by atoms with Gasteiger partial charge in [0.1, 0.15) is 6.33 Å². The molecule has 84 valence electrons. The van der Waals surface area contributed by atoms with Gasteiger partial charge in [-0.1, -0.05) is 6.92 Å². The average Bonchev–Trinajstić information content (AvgIpc) is 2.82. The zero-order chi connectivity index (χ0) is 11.5. The molecule has 16 heavy (non-hydrogen) atoms. The number of aromatic nitrogens is 4. The second-order valence-corrected chi connectivity index (χ2v) is 3.19.